The van der Waals surface area contributed by atoms with Gasteiger partial charge in [0, 0.05) is 43.8 Å². The Morgan fingerprint density at radius 1 is 1.31 bits per heavy atom. The number of fused-ring (bicyclic) bond motifs is 1. The summed E-state index contributed by atoms with van der Waals surface area (Å²) in [5, 5.41) is 2.89. The third kappa shape index (κ3) is 3.91. The molecule has 0 bridgehead atoms. The van der Waals surface area contributed by atoms with Gasteiger partial charge in [0.2, 0.25) is 5.91 Å². The van der Waals surface area contributed by atoms with Gasteiger partial charge in [0.1, 0.15) is 5.82 Å². The fourth-order valence-electron chi connectivity index (χ4n) is 3.56. The zero-order valence-corrected chi connectivity index (χ0v) is 16.5. The maximum absolute atomic E-state index is 12.8. The Morgan fingerprint density at radius 2 is 2.17 bits per heavy atom. The van der Waals surface area contributed by atoms with Crippen molar-refractivity contribution in [2.75, 3.05) is 6.54 Å². The van der Waals surface area contributed by atoms with E-state index >= 15 is 0 Å². The number of imidazole rings is 1. The Labute approximate surface area is 168 Å². The summed E-state index contributed by atoms with van der Waals surface area (Å²) >= 11 is 0. The van der Waals surface area contributed by atoms with Crippen LogP contribution in [0.5, 0.6) is 0 Å². The first-order valence-corrected chi connectivity index (χ1v) is 9.59. The Bertz CT molecular complexity index is 1020. The molecule has 0 aromatic carbocycles. The standard InChI is InChI=1S/C21H23N5O3/c1-14-5-9-29-19(14)21(28)26-8-7-25-13-17(24-20(25)15(26)2)10-18(27)23-12-16-4-3-6-22-11-16/h3-6,9,11,13,15H,7-8,10,12H2,1-2H3,(H,23,27)/t15-/m0/s1. The smallest absolute Gasteiger partial charge is 0.290 e. The van der Waals surface area contributed by atoms with Crippen LogP contribution in [0.3, 0.4) is 0 Å². The third-order valence-corrected chi connectivity index (χ3v) is 5.15. The number of nitrogens with zero attached hydrogens (tertiary/aromatic N) is 4. The normalized spacial score (nSPS) is 15.8. The monoisotopic (exact) mass is 393 g/mol. The largest absolute Gasteiger partial charge is 0.459 e. The second kappa shape index (κ2) is 7.90. The molecule has 1 aliphatic heterocycles. The molecule has 4 rings (SSSR count). The molecule has 3 aromatic heterocycles. The topological polar surface area (TPSA) is 93.3 Å². The molecule has 0 fully saturated rings. The van der Waals surface area contributed by atoms with Gasteiger partial charge in [-0.25, -0.2) is 4.98 Å². The third-order valence-electron chi connectivity index (χ3n) is 5.15. The number of pyridine rings is 1. The molecule has 3 aromatic rings. The minimum Gasteiger partial charge on any atom is -0.459 e. The molecule has 0 spiro atoms. The van der Waals surface area contributed by atoms with Crippen LogP contribution in [0, 0.1) is 6.92 Å². The summed E-state index contributed by atoms with van der Waals surface area (Å²) in [6.45, 7) is 5.43. The molecule has 1 N–H and O–H groups in total. The van der Waals surface area contributed by atoms with Gasteiger partial charge in [0.25, 0.3) is 5.91 Å². The Hall–Kier alpha value is -3.42. The van der Waals surface area contributed by atoms with E-state index in [0.717, 1.165) is 17.0 Å². The number of carbonyl (C=O) groups excluding carboxylic acids is 2. The molecule has 1 atom stereocenters. The van der Waals surface area contributed by atoms with Crippen molar-refractivity contribution in [2.24, 2.45) is 0 Å². The van der Waals surface area contributed by atoms with E-state index in [0.29, 0.717) is 31.1 Å². The molecule has 29 heavy (non-hydrogen) atoms. The Morgan fingerprint density at radius 3 is 2.90 bits per heavy atom. The van der Waals surface area contributed by atoms with Crippen molar-refractivity contribution in [3.63, 3.8) is 0 Å². The molecule has 8 heteroatoms. The molecule has 1 aliphatic rings. The molecular weight excluding hydrogens is 370 g/mol. The minimum atomic E-state index is -0.201. The Kier molecular flexibility index (Phi) is 5.16. The highest BCUT2D eigenvalue weighted by Gasteiger charge is 2.32. The van der Waals surface area contributed by atoms with Crippen molar-refractivity contribution in [3.05, 3.63) is 71.5 Å². The van der Waals surface area contributed by atoms with Crippen LogP contribution >= 0.6 is 0 Å². The van der Waals surface area contributed by atoms with Crippen LogP contribution in [-0.2, 0) is 24.3 Å². The van der Waals surface area contributed by atoms with E-state index in [9.17, 15) is 9.59 Å². The molecule has 0 saturated carbocycles. The fourth-order valence-corrected chi connectivity index (χ4v) is 3.56. The van der Waals surface area contributed by atoms with E-state index in [4.69, 9.17) is 4.42 Å². The minimum absolute atomic E-state index is 0.101. The molecule has 0 unspecified atom stereocenters. The lowest BCUT2D eigenvalue weighted by Crippen LogP contribution is -2.41. The first kappa shape index (κ1) is 18.9. The lowest BCUT2D eigenvalue weighted by molar-refractivity contribution is -0.120. The summed E-state index contributed by atoms with van der Waals surface area (Å²) in [5.41, 5.74) is 2.46. The van der Waals surface area contributed by atoms with Crippen molar-refractivity contribution in [2.45, 2.75) is 39.4 Å². The number of aryl methyl sites for hydroxylation is 1. The molecule has 2 amide bonds. The summed E-state index contributed by atoms with van der Waals surface area (Å²) in [6.07, 6.45) is 7.04. The second-order valence-corrected chi connectivity index (χ2v) is 7.21. The zero-order chi connectivity index (χ0) is 20.4. The van der Waals surface area contributed by atoms with Crippen LogP contribution in [-0.4, -0.2) is 37.8 Å². The van der Waals surface area contributed by atoms with Gasteiger partial charge in [-0.2, -0.15) is 0 Å². The van der Waals surface area contributed by atoms with E-state index in [2.05, 4.69) is 15.3 Å². The molecule has 4 heterocycles. The second-order valence-electron chi connectivity index (χ2n) is 7.21. The zero-order valence-electron chi connectivity index (χ0n) is 16.5. The van der Waals surface area contributed by atoms with Crippen molar-refractivity contribution in [1.29, 1.82) is 0 Å². The average molecular weight is 393 g/mol. The quantitative estimate of drug-likeness (QED) is 0.718. The van der Waals surface area contributed by atoms with Crippen LogP contribution in [0.4, 0.5) is 0 Å². The van der Waals surface area contributed by atoms with Crippen LogP contribution in [0.2, 0.25) is 0 Å². The van der Waals surface area contributed by atoms with Gasteiger partial charge in [0.05, 0.1) is 24.4 Å². The Balaban J connectivity index is 1.41. The number of aromatic nitrogens is 3. The van der Waals surface area contributed by atoms with E-state index in [1.54, 1.807) is 23.4 Å². The van der Waals surface area contributed by atoms with E-state index in [1.165, 1.54) is 6.26 Å². The first-order valence-electron chi connectivity index (χ1n) is 9.59. The highest BCUT2D eigenvalue weighted by atomic mass is 16.3. The molecule has 0 radical (unpaired) electrons. The van der Waals surface area contributed by atoms with Crippen molar-refractivity contribution >= 4 is 11.8 Å². The number of nitrogens with one attached hydrogen (secondary N) is 1. The number of carbonyl (C=O) groups is 2. The van der Waals surface area contributed by atoms with Crippen molar-refractivity contribution in [1.82, 2.24) is 24.8 Å². The summed E-state index contributed by atoms with van der Waals surface area (Å²) in [4.78, 5) is 35.6. The summed E-state index contributed by atoms with van der Waals surface area (Å²) in [7, 11) is 0. The van der Waals surface area contributed by atoms with Gasteiger partial charge in [-0.1, -0.05) is 6.07 Å². The van der Waals surface area contributed by atoms with Crippen molar-refractivity contribution in [3.8, 4) is 0 Å². The number of hydrogen-bond acceptors (Lipinski definition) is 5. The van der Waals surface area contributed by atoms with Gasteiger partial charge in [-0.05, 0) is 31.5 Å². The van der Waals surface area contributed by atoms with E-state index in [1.807, 2.05) is 36.7 Å². The lowest BCUT2D eigenvalue weighted by atomic mass is 10.1. The number of rotatable bonds is 5. The van der Waals surface area contributed by atoms with Gasteiger partial charge in [-0.3, -0.25) is 14.6 Å². The fraction of sp³-hybridized carbons (Fsp3) is 0.333. The summed E-state index contributed by atoms with van der Waals surface area (Å²) in [6, 6.07) is 5.33. The van der Waals surface area contributed by atoms with Gasteiger partial charge in [-0.15, -0.1) is 0 Å². The SMILES string of the molecule is Cc1ccoc1C(=O)N1CCn2cc(CC(=O)NCc3cccnc3)nc2[C@@H]1C. The van der Waals surface area contributed by atoms with Crippen LogP contribution in [0.15, 0.2) is 47.5 Å². The summed E-state index contributed by atoms with van der Waals surface area (Å²) in [5.74, 6) is 0.914. The maximum atomic E-state index is 12.8. The van der Waals surface area contributed by atoms with Crippen LogP contribution in [0.25, 0.3) is 0 Å². The highest BCUT2D eigenvalue weighted by molar-refractivity contribution is 5.93. The first-order chi connectivity index (χ1) is 14.0. The van der Waals surface area contributed by atoms with Crippen LogP contribution in [0.1, 0.15) is 46.2 Å². The van der Waals surface area contributed by atoms with E-state index in [-0.39, 0.29) is 24.3 Å². The van der Waals surface area contributed by atoms with Gasteiger partial charge < -0.3 is 19.2 Å². The predicted molar refractivity (Wildman–Crippen MR) is 105 cm³/mol. The average Bonchev–Trinajstić information content (AvgIpc) is 3.33. The molecule has 8 nitrogen and oxygen atoms in total. The number of hydrogen-bond donors (Lipinski definition) is 1. The molecule has 0 saturated heterocycles. The summed E-state index contributed by atoms with van der Waals surface area (Å²) < 4.78 is 7.38. The molecular formula is C21H23N5O3. The molecule has 150 valence electrons. The predicted octanol–water partition coefficient (Wildman–Crippen LogP) is 2.26. The number of furan rings is 1. The van der Waals surface area contributed by atoms with Crippen molar-refractivity contribution < 1.29 is 14.0 Å². The molecule has 0 aliphatic carbocycles. The number of amides is 2. The van der Waals surface area contributed by atoms with E-state index < -0.39 is 0 Å². The van der Waals surface area contributed by atoms with Gasteiger partial charge in [0.15, 0.2) is 5.76 Å². The maximum Gasteiger partial charge on any atom is 0.290 e. The van der Waals surface area contributed by atoms with Crippen LogP contribution < -0.4 is 5.32 Å². The van der Waals surface area contributed by atoms with Gasteiger partial charge >= 0.3 is 0 Å². The highest BCUT2D eigenvalue weighted by Crippen LogP contribution is 2.27. The lowest BCUT2D eigenvalue weighted by Gasteiger charge is -2.33.